The van der Waals surface area contributed by atoms with Crippen LogP contribution in [-0.2, 0) is 9.31 Å². The Balaban J connectivity index is 2.27. The monoisotopic (exact) mass is 288 g/mol. The summed E-state index contributed by atoms with van der Waals surface area (Å²) in [5.74, 6) is 0. The lowest BCUT2D eigenvalue weighted by Crippen LogP contribution is -2.41. The van der Waals surface area contributed by atoms with Crippen molar-refractivity contribution in [3.63, 3.8) is 0 Å². The Kier molecular flexibility index (Phi) is 2.78. The van der Waals surface area contributed by atoms with Gasteiger partial charge in [0.1, 0.15) is 0 Å². The van der Waals surface area contributed by atoms with Crippen LogP contribution in [0.2, 0.25) is 0 Å². The molecule has 15 heavy (non-hydrogen) atoms. The topological polar surface area (TPSA) is 18.5 Å². The van der Waals surface area contributed by atoms with Gasteiger partial charge in [-0.1, -0.05) is 6.07 Å². The molecule has 0 saturated carbocycles. The molecule has 0 aromatic carbocycles. The number of hydrogen-bond acceptors (Lipinski definition) is 3. The first-order valence-corrected chi connectivity index (χ1v) is 6.59. The maximum absolute atomic E-state index is 5.94. The predicted molar refractivity (Wildman–Crippen MR) is 67.7 cm³/mol. The van der Waals surface area contributed by atoms with E-state index >= 15 is 0 Å². The summed E-state index contributed by atoms with van der Waals surface area (Å²) in [5.41, 5.74) is 0.552. The van der Waals surface area contributed by atoms with Crippen molar-refractivity contribution in [3.05, 3.63) is 15.2 Å². The maximum Gasteiger partial charge on any atom is 0.496 e. The normalized spacial score (nSPS) is 23.4. The fourth-order valence-corrected chi connectivity index (χ4v) is 2.72. The Morgan fingerprint density at radius 2 is 1.73 bits per heavy atom. The predicted octanol–water partition coefficient (Wildman–Crippen LogP) is 2.81. The van der Waals surface area contributed by atoms with Gasteiger partial charge in [-0.15, -0.1) is 11.3 Å². The Morgan fingerprint density at radius 3 is 2.13 bits per heavy atom. The fraction of sp³-hybridized carbons (Fsp3) is 0.600. The first-order chi connectivity index (χ1) is 6.83. The minimum atomic E-state index is -0.265. The van der Waals surface area contributed by atoms with Gasteiger partial charge in [0.2, 0.25) is 0 Å². The van der Waals surface area contributed by atoms with E-state index in [4.69, 9.17) is 9.31 Å². The molecule has 1 aliphatic rings. The highest BCUT2D eigenvalue weighted by molar-refractivity contribution is 9.11. The summed E-state index contributed by atoms with van der Waals surface area (Å²) in [6, 6.07) is 2.04. The number of halogens is 1. The van der Waals surface area contributed by atoms with Crippen LogP contribution < -0.4 is 5.46 Å². The molecular weight excluding hydrogens is 275 g/mol. The molecule has 0 aliphatic carbocycles. The largest absolute Gasteiger partial charge is 0.496 e. The Labute approximate surface area is 103 Å². The van der Waals surface area contributed by atoms with Crippen molar-refractivity contribution in [1.82, 2.24) is 0 Å². The highest BCUT2D eigenvalue weighted by Gasteiger charge is 2.52. The van der Waals surface area contributed by atoms with Gasteiger partial charge in [0, 0.05) is 5.46 Å². The molecule has 0 bridgehead atoms. The second-order valence-corrected chi connectivity index (χ2v) is 6.97. The van der Waals surface area contributed by atoms with Gasteiger partial charge in [-0.2, -0.15) is 0 Å². The fourth-order valence-electron chi connectivity index (χ4n) is 1.44. The summed E-state index contributed by atoms with van der Waals surface area (Å²) in [6.07, 6.45) is 0. The van der Waals surface area contributed by atoms with E-state index in [0.29, 0.717) is 0 Å². The maximum atomic E-state index is 5.94. The summed E-state index contributed by atoms with van der Waals surface area (Å²) in [5, 5.41) is 2.03. The average molecular weight is 289 g/mol. The molecule has 0 radical (unpaired) electrons. The molecule has 1 aromatic rings. The van der Waals surface area contributed by atoms with Gasteiger partial charge in [-0.25, -0.2) is 0 Å². The second kappa shape index (κ2) is 3.59. The lowest BCUT2D eigenvalue weighted by molar-refractivity contribution is 0.00578. The van der Waals surface area contributed by atoms with Crippen LogP contribution in [0.5, 0.6) is 0 Å². The van der Waals surface area contributed by atoms with Crippen LogP contribution in [0.25, 0.3) is 0 Å². The zero-order valence-corrected chi connectivity index (χ0v) is 11.7. The standard InChI is InChI=1S/C10H14BBrO2S/c1-9(2)10(3,4)14-11(13-9)7-5-6-15-8(7)12/h5-6H,1-4H3. The van der Waals surface area contributed by atoms with Crippen LogP contribution in [0.15, 0.2) is 15.2 Å². The molecule has 0 amide bonds. The molecule has 2 heterocycles. The van der Waals surface area contributed by atoms with Crippen LogP contribution >= 0.6 is 27.3 Å². The molecule has 1 fully saturated rings. The summed E-state index contributed by atoms with van der Waals surface area (Å²) >= 11 is 5.16. The third-order valence-electron chi connectivity index (χ3n) is 3.15. The quantitative estimate of drug-likeness (QED) is 0.740. The summed E-state index contributed by atoms with van der Waals surface area (Å²) in [6.45, 7) is 8.25. The van der Waals surface area contributed by atoms with Crippen LogP contribution in [0, 0.1) is 0 Å². The molecule has 2 nitrogen and oxygen atoms in total. The van der Waals surface area contributed by atoms with Gasteiger partial charge in [0.15, 0.2) is 0 Å². The summed E-state index contributed by atoms with van der Waals surface area (Å²) in [4.78, 5) is 0. The zero-order valence-electron chi connectivity index (χ0n) is 9.33. The van der Waals surface area contributed by atoms with Gasteiger partial charge >= 0.3 is 7.12 Å². The smallest absolute Gasteiger partial charge is 0.399 e. The van der Waals surface area contributed by atoms with Crippen LogP contribution in [0.1, 0.15) is 27.7 Å². The average Bonchev–Trinajstić information content (AvgIpc) is 2.55. The molecule has 5 heteroatoms. The first-order valence-electron chi connectivity index (χ1n) is 4.92. The lowest BCUT2D eigenvalue weighted by atomic mass is 9.81. The van der Waals surface area contributed by atoms with Gasteiger partial charge < -0.3 is 9.31 Å². The summed E-state index contributed by atoms with van der Waals surface area (Å²) in [7, 11) is -0.254. The van der Waals surface area contributed by atoms with Crippen molar-refractivity contribution in [1.29, 1.82) is 0 Å². The minimum Gasteiger partial charge on any atom is -0.399 e. The molecule has 82 valence electrons. The van der Waals surface area contributed by atoms with Crippen molar-refractivity contribution in [2.45, 2.75) is 38.9 Å². The van der Waals surface area contributed by atoms with E-state index in [-0.39, 0.29) is 18.3 Å². The van der Waals surface area contributed by atoms with Crippen LogP contribution in [0.4, 0.5) is 0 Å². The van der Waals surface area contributed by atoms with Gasteiger partial charge in [0.25, 0.3) is 0 Å². The third-order valence-corrected chi connectivity index (χ3v) is 4.89. The molecule has 0 atom stereocenters. The Morgan fingerprint density at radius 1 is 1.20 bits per heavy atom. The van der Waals surface area contributed by atoms with E-state index < -0.39 is 0 Å². The van der Waals surface area contributed by atoms with E-state index in [9.17, 15) is 0 Å². The van der Waals surface area contributed by atoms with Gasteiger partial charge in [-0.3, -0.25) is 0 Å². The van der Waals surface area contributed by atoms with Crippen molar-refractivity contribution >= 4 is 39.8 Å². The molecule has 1 aliphatic heterocycles. The molecule has 0 unspecified atom stereocenters. The van der Waals surface area contributed by atoms with E-state index in [0.717, 1.165) is 9.25 Å². The van der Waals surface area contributed by atoms with E-state index in [1.165, 1.54) is 0 Å². The molecule has 1 saturated heterocycles. The van der Waals surface area contributed by atoms with Crippen molar-refractivity contribution < 1.29 is 9.31 Å². The molecule has 0 N–H and O–H groups in total. The van der Waals surface area contributed by atoms with Crippen molar-refractivity contribution in [2.75, 3.05) is 0 Å². The lowest BCUT2D eigenvalue weighted by Gasteiger charge is -2.32. The Hall–Kier alpha value is 0.165. The third kappa shape index (κ3) is 1.91. The number of thiophene rings is 1. The van der Waals surface area contributed by atoms with Gasteiger partial charge in [0.05, 0.1) is 15.0 Å². The second-order valence-electron chi connectivity index (χ2n) is 4.74. The van der Waals surface area contributed by atoms with Crippen LogP contribution in [-0.4, -0.2) is 18.3 Å². The molecular formula is C10H14BBrO2S. The van der Waals surface area contributed by atoms with Crippen molar-refractivity contribution in [2.24, 2.45) is 0 Å². The number of hydrogen-bond donors (Lipinski definition) is 0. The van der Waals surface area contributed by atoms with Crippen LogP contribution in [0.3, 0.4) is 0 Å². The summed E-state index contributed by atoms with van der Waals surface area (Å²) < 4.78 is 13.0. The van der Waals surface area contributed by atoms with E-state index in [2.05, 4.69) is 43.6 Å². The van der Waals surface area contributed by atoms with Gasteiger partial charge in [-0.05, 0) is 49.0 Å². The van der Waals surface area contributed by atoms with E-state index in [1.54, 1.807) is 11.3 Å². The minimum absolute atomic E-state index is 0.254. The highest BCUT2D eigenvalue weighted by atomic mass is 79.9. The van der Waals surface area contributed by atoms with Crippen molar-refractivity contribution in [3.8, 4) is 0 Å². The number of rotatable bonds is 1. The molecule has 2 rings (SSSR count). The molecule has 1 aromatic heterocycles. The highest BCUT2D eigenvalue weighted by Crippen LogP contribution is 2.37. The van der Waals surface area contributed by atoms with E-state index in [1.807, 2.05) is 11.4 Å². The Bertz CT molecular complexity index is 359. The molecule has 0 spiro atoms. The zero-order chi connectivity index (χ0) is 11.3. The SMILES string of the molecule is CC1(C)OB(c2ccsc2Br)OC1(C)C. The first kappa shape index (κ1) is 11.6.